The molecule has 7 heteroatoms. The molecule has 0 aliphatic heterocycles. The molecule has 0 aliphatic carbocycles. The van der Waals surface area contributed by atoms with Gasteiger partial charge in [-0.25, -0.2) is 0 Å². The number of hydrogen-bond donors (Lipinski definition) is 0. The van der Waals surface area contributed by atoms with Crippen LogP contribution >= 0.6 is 23.2 Å². The molecule has 0 amide bonds. The SMILES string of the molecule is CCOc1ccc(C(=O)CCC(=O)OCC(=O)c2ccc(Cl)c(Cl)c2)cc1. The summed E-state index contributed by atoms with van der Waals surface area (Å²) in [6.07, 6.45) is -0.117. The van der Waals surface area contributed by atoms with Crippen molar-refractivity contribution in [2.24, 2.45) is 0 Å². The van der Waals surface area contributed by atoms with Crippen LogP contribution in [0.5, 0.6) is 5.75 Å². The lowest BCUT2D eigenvalue weighted by Crippen LogP contribution is -2.15. The number of rotatable bonds is 9. The van der Waals surface area contributed by atoms with Gasteiger partial charge in [0.25, 0.3) is 0 Å². The fourth-order valence-corrected chi connectivity index (χ4v) is 2.53. The fraction of sp³-hybridized carbons (Fsp3) is 0.250. The Morgan fingerprint density at radius 2 is 1.52 bits per heavy atom. The van der Waals surface area contributed by atoms with E-state index in [0.717, 1.165) is 0 Å². The van der Waals surface area contributed by atoms with Crippen LogP contribution in [0.15, 0.2) is 42.5 Å². The highest BCUT2D eigenvalue weighted by Gasteiger charge is 2.14. The average molecular weight is 409 g/mol. The molecular formula is C20H18Cl2O5. The lowest BCUT2D eigenvalue weighted by Gasteiger charge is -2.06. The first kappa shape index (κ1) is 20.9. The van der Waals surface area contributed by atoms with Crippen LogP contribution in [0.4, 0.5) is 0 Å². The molecule has 0 spiro atoms. The number of ketones is 2. The zero-order chi connectivity index (χ0) is 19.8. The van der Waals surface area contributed by atoms with E-state index in [2.05, 4.69) is 0 Å². The number of esters is 1. The van der Waals surface area contributed by atoms with E-state index in [0.29, 0.717) is 28.5 Å². The fourth-order valence-electron chi connectivity index (χ4n) is 2.23. The molecule has 0 bridgehead atoms. The Balaban J connectivity index is 1.79. The van der Waals surface area contributed by atoms with E-state index in [1.54, 1.807) is 24.3 Å². The molecule has 2 aromatic rings. The summed E-state index contributed by atoms with van der Waals surface area (Å²) in [6, 6.07) is 11.1. The van der Waals surface area contributed by atoms with Crippen molar-refractivity contribution in [2.45, 2.75) is 19.8 Å². The molecule has 0 aromatic heterocycles. The topological polar surface area (TPSA) is 69.7 Å². The Labute approximate surface area is 167 Å². The summed E-state index contributed by atoms with van der Waals surface area (Å²) < 4.78 is 10.2. The molecule has 0 N–H and O–H groups in total. The van der Waals surface area contributed by atoms with Crippen LogP contribution < -0.4 is 4.74 Å². The first-order chi connectivity index (χ1) is 12.9. The highest BCUT2D eigenvalue weighted by atomic mass is 35.5. The van der Waals surface area contributed by atoms with E-state index in [1.807, 2.05) is 6.92 Å². The molecule has 0 atom stereocenters. The normalized spacial score (nSPS) is 10.3. The Hall–Kier alpha value is -2.37. The maximum atomic E-state index is 12.1. The minimum atomic E-state index is -0.623. The summed E-state index contributed by atoms with van der Waals surface area (Å²) in [7, 11) is 0. The highest BCUT2D eigenvalue weighted by molar-refractivity contribution is 6.42. The van der Waals surface area contributed by atoms with Gasteiger partial charge >= 0.3 is 5.97 Å². The zero-order valence-electron chi connectivity index (χ0n) is 14.7. The molecule has 0 saturated carbocycles. The van der Waals surface area contributed by atoms with E-state index in [1.165, 1.54) is 18.2 Å². The number of hydrogen-bond acceptors (Lipinski definition) is 5. The van der Waals surface area contributed by atoms with E-state index < -0.39 is 18.4 Å². The van der Waals surface area contributed by atoms with Gasteiger partial charge in [0.15, 0.2) is 18.2 Å². The molecule has 0 unspecified atom stereocenters. The third-order valence-corrected chi connectivity index (χ3v) is 4.39. The minimum Gasteiger partial charge on any atom is -0.494 e. The van der Waals surface area contributed by atoms with Gasteiger partial charge in [-0.15, -0.1) is 0 Å². The van der Waals surface area contributed by atoms with Gasteiger partial charge < -0.3 is 9.47 Å². The third-order valence-electron chi connectivity index (χ3n) is 3.65. The minimum absolute atomic E-state index is 0.00617. The molecule has 0 fully saturated rings. The van der Waals surface area contributed by atoms with Crippen molar-refractivity contribution < 1.29 is 23.9 Å². The summed E-state index contributed by atoms with van der Waals surface area (Å²) >= 11 is 11.6. The Morgan fingerprint density at radius 1 is 0.852 bits per heavy atom. The molecule has 0 saturated heterocycles. The predicted octanol–water partition coefficient (Wildman–Crippen LogP) is 4.78. The second-order valence-electron chi connectivity index (χ2n) is 5.59. The molecule has 2 aromatic carbocycles. The molecule has 142 valence electrons. The van der Waals surface area contributed by atoms with E-state index in [4.69, 9.17) is 32.7 Å². The molecule has 2 rings (SSSR count). The standard InChI is InChI=1S/C20H18Cl2O5/c1-2-26-15-6-3-13(4-7-15)18(23)9-10-20(25)27-12-19(24)14-5-8-16(21)17(22)11-14/h3-8,11H,2,9-10,12H2,1H3. The van der Waals surface area contributed by atoms with Crippen molar-refractivity contribution in [3.8, 4) is 5.75 Å². The first-order valence-corrected chi connectivity index (χ1v) is 9.06. The summed E-state index contributed by atoms with van der Waals surface area (Å²) in [5.41, 5.74) is 0.779. The van der Waals surface area contributed by atoms with Gasteiger partial charge in [-0.05, 0) is 49.4 Å². The van der Waals surface area contributed by atoms with Crippen molar-refractivity contribution in [1.82, 2.24) is 0 Å². The Kier molecular flexibility index (Phi) is 7.82. The van der Waals surface area contributed by atoms with Gasteiger partial charge in [-0.1, -0.05) is 23.2 Å². The second-order valence-corrected chi connectivity index (χ2v) is 6.41. The van der Waals surface area contributed by atoms with Crippen molar-refractivity contribution >= 4 is 40.7 Å². The maximum Gasteiger partial charge on any atom is 0.306 e. The van der Waals surface area contributed by atoms with Crippen LogP contribution in [0.3, 0.4) is 0 Å². The van der Waals surface area contributed by atoms with Gasteiger partial charge in [0.05, 0.1) is 23.1 Å². The Bertz CT molecular complexity index is 831. The van der Waals surface area contributed by atoms with E-state index >= 15 is 0 Å². The predicted molar refractivity (Wildman–Crippen MR) is 103 cm³/mol. The van der Waals surface area contributed by atoms with Crippen molar-refractivity contribution in [3.63, 3.8) is 0 Å². The summed E-state index contributed by atoms with van der Waals surface area (Å²) in [5, 5.41) is 0.577. The number of carbonyl (C=O) groups excluding carboxylic acids is 3. The monoisotopic (exact) mass is 408 g/mol. The zero-order valence-corrected chi connectivity index (χ0v) is 16.2. The number of Topliss-reactive ketones (excluding diaryl/α,β-unsaturated/α-hetero) is 2. The van der Waals surface area contributed by atoms with Gasteiger partial charge in [-0.3, -0.25) is 14.4 Å². The molecule has 5 nitrogen and oxygen atoms in total. The number of halogens is 2. The molecular weight excluding hydrogens is 391 g/mol. The maximum absolute atomic E-state index is 12.1. The molecule has 0 aliphatic rings. The van der Waals surface area contributed by atoms with E-state index in [-0.39, 0.29) is 23.6 Å². The van der Waals surface area contributed by atoms with Gasteiger partial charge in [0, 0.05) is 17.5 Å². The largest absolute Gasteiger partial charge is 0.494 e. The third kappa shape index (κ3) is 6.38. The van der Waals surface area contributed by atoms with Crippen LogP contribution in [-0.4, -0.2) is 30.7 Å². The van der Waals surface area contributed by atoms with Gasteiger partial charge in [-0.2, -0.15) is 0 Å². The quantitative estimate of drug-likeness (QED) is 0.440. The van der Waals surface area contributed by atoms with Crippen LogP contribution in [0, 0.1) is 0 Å². The van der Waals surface area contributed by atoms with Crippen LogP contribution in [0.1, 0.15) is 40.5 Å². The van der Waals surface area contributed by atoms with E-state index in [9.17, 15) is 14.4 Å². The second kappa shape index (κ2) is 10.1. The molecule has 27 heavy (non-hydrogen) atoms. The van der Waals surface area contributed by atoms with Gasteiger partial charge in [0.1, 0.15) is 5.75 Å². The molecule has 0 heterocycles. The Morgan fingerprint density at radius 3 is 2.15 bits per heavy atom. The number of carbonyl (C=O) groups is 3. The van der Waals surface area contributed by atoms with Crippen molar-refractivity contribution in [3.05, 3.63) is 63.6 Å². The highest BCUT2D eigenvalue weighted by Crippen LogP contribution is 2.22. The van der Waals surface area contributed by atoms with Gasteiger partial charge in [0.2, 0.25) is 0 Å². The van der Waals surface area contributed by atoms with Crippen molar-refractivity contribution in [1.29, 1.82) is 0 Å². The van der Waals surface area contributed by atoms with Crippen LogP contribution in [0.25, 0.3) is 0 Å². The number of ether oxygens (including phenoxy) is 2. The summed E-state index contributed by atoms with van der Waals surface area (Å²) in [6.45, 7) is 1.99. The smallest absolute Gasteiger partial charge is 0.306 e. The lowest BCUT2D eigenvalue weighted by molar-refractivity contribution is -0.142. The average Bonchev–Trinajstić information content (AvgIpc) is 2.67. The lowest BCUT2D eigenvalue weighted by atomic mass is 10.1. The summed E-state index contributed by atoms with van der Waals surface area (Å²) in [5.74, 6) is -0.539. The molecule has 0 radical (unpaired) electrons. The summed E-state index contributed by atoms with van der Waals surface area (Å²) in [4.78, 5) is 35.9. The first-order valence-electron chi connectivity index (χ1n) is 8.30. The van der Waals surface area contributed by atoms with Crippen molar-refractivity contribution in [2.75, 3.05) is 13.2 Å². The van der Waals surface area contributed by atoms with Crippen LogP contribution in [-0.2, 0) is 9.53 Å². The van der Waals surface area contributed by atoms with Crippen LogP contribution in [0.2, 0.25) is 10.0 Å². The number of benzene rings is 2.